The largest absolute Gasteiger partial charge is 0.348 e. The molecule has 0 spiro atoms. The Kier molecular flexibility index (Phi) is 3.01. The third-order valence-electron chi connectivity index (χ3n) is 4.61. The number of likely N-dealkylation sites (N-methyl/N-ethyl adjacent to an activating group) is 1. The fourth-order valence-electron chi connectivity index (χ4n) is 3.04. The number of nitrogens with zero attached hydrogens (tertiary/aromatic N) is 3. The number of rotatable bonds is 3. The Hall–Kier alpha value is -1.88. The SMILES string of the molecule is Cc1sc(N(C)C2CC2)nc1-c1ccc2c(c1)CC(=O)N2C. The van der Waals surface area contributed by atoms with Crippen LogP contribution in [0.15, 0.2) is 18.2 Å². The van der Waals surface area contributed by atoms with Crippen molar-refractivity contribution in [3.63, 3.8) is 0 Å². The summed E-state index contributed by atoms with van der Waals surface area (Å²) in [7, 11) is 3.97. The molecule has 1 aromatic carbocycles. The Labute approximate surface area is 134 Å². The number of anilines is 2. The van der Waals surface area contributed by atoms with E-state index >= 15 is 0 Å². The van der Waals surface area contributed by atoms with Gasteiger partial charge in [0.2, 0.25) is 5.91 Å². The molecule has 114 valence electrons. The quantitative estimate of drug-likeness (QED) is 0.873. The van der Waals surface area contributed by atoms with E-state index in [1.165, 1.54) is 17.7 Å². The number of hydrogen-bond acceptors (Lipinski definition) is 4. The first-order valence-electron chi connectivity index (χ1n) is 7.64. The molecule has 1 aliphatic carbocycles. The van der Waals surface area contributed by atoms with Crippen LogP contribution in [-0.4, -0.2) is 31.0 Å². The first-order chi connectivity index (χ1) is 10.5. The second kappa shape index (κ2) is 4.81. The summed E-state index contributed by atoms with van der Waals surface area (Å²) in [4.78, 5) is 21.9. The van der Waals surface area contributed by atoms with Crippen LogP contribution >= 0.6 is 11.3 Å². The van der Waals surface area contributed by atoms with E-state index in [1.54, 1.807) is 16.2 Å². The number of benzene rings is 1. The predicted octanol–water partition coefficient (Wildman–Crippen LogP) is 3.24. The van der Waals surface area contributed by atoms with Crippen molar-refractivity contribution >= 4 is 28.1 Å². The van der Waals surface area contributed by atoms with Gasteiger partial charge in [0.05, 0.1) is 12.1 Å². The monoisotopic (exact) mass is 313 g/mol. The van der Waals surface area contributed by atoms with Crippen LogP contribution in [0.5, 0.6) is 0 Å². The second-order valence-electron chi connectivity index (χ2n) is 6.22. The van der Waals surface area contributed by atoms with Crippen LogP contribution in [0.25, 0.3) is 11.3 Å². The van der Waals surface area contributed by atoms with Crippen LogP contribution in [0.1, 0.15) is 23.3 Å². The van der Waals surface area contributed by atoms with Crippen molar-refractivity contribution in [2.24, 2.45) is 0 Å². The summed E-state index contributed by atoms with van der Waals surface area (Å²) in [6.07, 6.45) is 3.05. The number of fused-ring (bicyclic) bond motifs is 1. The second-order valence-corrected chi connectivity index (χ2v) is 7.40. The van der Waals surface area contributed by atoms with Gasteiger partial charge in [-0.15, -0.1) is 11.3 Å². The highest BCUT2D eigenvalue weighted by atomic mass is 32.1. The van der Waals surface area contributed by atoms with Crippen molar-refractivity contribution in [3.8, 4) is 11.3 Å². The number of amides is 1. The van der Waals surface area contributed by atoms with Crippen LogP contribution in [0.2, 0.25) is 0 Å². The lowest BCUT2D eigenvalue weighted by Crippen LogP contribution is -2.20. The van der Waals surface area contributed by atoms with E-state index < -0.39 is 0 Å². The summed E-state index contributed by atoms with van der Waals surface area (Å²) in [6, 6.07) is 6.92. The Morgan fingerprint density at radius 2 is 2.14 bits per heavy atom. The standard InChI is InChI=1S/C17H19N3OS/c1-10-16(18-17(22-10)19(2)13-5-6-13)11-4-7-14-12(8-11)9-15(21)20(14)3/h4,7-8,13H,5-6,9H2,1-3H3. The van der Waals surface area contributed by atoms with Gasteiger partial charge in [-0.05, 0) is 37.5 Å². The molecule has 0 unspecified atom stereocenters. The normalized spacial score (nSPS) is 17.0. The summed E-state index contributed by atoms with van der Waals surface area (Å²) >= 11 is 1.76. The summed E-state index contributed by atoms with van der Waals surface area (Å²) in [5.41, 5.74) is 4.30. The van der Waals surface area contributed by atoms with Gasteiger partial charge in [-0.3, -0.25) is 4.79 Å². The topological polar surface area (TPSA) is 36.4 Å². The molecule has 0 N–H and O–H groups in total. The zero-order valence-electron chi connectivity index (χ0n) is 13.1. The lowest BCUT2D eigenvalue weighted by molar-refractivity contribution is -0.117. The van der Waals surface area contributed by atoms with Crippen LogP contribution < -0.4 is 9.80 Å². The van der Waals surface area contributed by atoms with Crippen LogP contribution in [0.4, 0.5) is 10.8 Å². The lowest BCUT2D eigenvalue weighted by Gasteiger charge is -2.13. The van der Waals surface area contributed by atoms with Crippen molar-refractivity contribution in [3.05, 3.63) is 28.6 Å². The molecule has 1 aromatic heterocycles. The Morgan fingerprint density at radius 1 is 1.36 bits per heavy atom. The van der Waals surface area contributed by atoms with Gasteiger partial charge >= 0.3 is 0 Å². The average Bonchev–Trinajstić information content (AvgIpc) is 3.22. The summed E-state index contributed by atoms with van der Waals surface area (Å²) < 4.78 is 0. The van der Waals surface area contributed by atoms with Crippen molar-refractivity contribution in [2.75, 3.05) is 23.9 Å². The van der Waals surface area contributed by atoms with E-state index in [0.717, 1.165) is 27.6 Å². The minimum atomic E-state index is 0.163. The maximum absolute atomic E-state index is 11.8. The smallest absolute Gasteiger partial charge is 0.231 e. The molecule has 4 nitrogen and oxygen atoms in total. The average molecular weight is 313 g/mol. The zero-order valence-corrected chi connectivity index (χ0v) is 13.9. The molecule has 22 heavy (non-hydrogen) atoms. The third-order valence-corrected chi connectivity index (χ3v) is 5.67. The molecule has 2 aromatic rings. The van der Waals surface area contributed by atoms with Crippen molar-refractivity contribution < 1.29 is 4.79 Å². The molecule has 5 heteroatoms. The van der Waals surface area contributed by atoms with Gasteiger partial charge in [-0.25, -0.2) is 4.98 Å². The minimum Gasteiger partial charge on any atom is -0.348 e. The minimum absolute atomic E-state index is 0.163. The van der Waals surface area contributed by atoms with E-state index in [1.807, 2.05) is 13.1 Å². The first kappa shape index (κ1) is 13.8. The molecule has 1 aliphatic heterocycles. The number of carbonyl (C=O) groups excluding carboxylic acids is 1. The van der Waals surface area contributed by atoms with Gasteiger partial charge in [0.15, 0.2) is 5.13 Å². The maximum Gasteiger partial charge on any atom is 0.231 e. The first-order valence-corrected chi connectivity index (χ1v) is 8.46. The van der Waals surface area contributed by atoms with Crippen molar-refractivity contribution in [1.29, 1.82) is 0 Å². The van der Waals surface area contributed by atoms with Crippen molar-refractivity contribution in [2.45, 2.75) is 32.2 Å². The summed E-state index contributed by atoms with van der Waals surface area (Å²) in [5.74, 6) is 0.163. The highest BCUT2D eigenvalue weighted by molar-refractivity contribution is 7.16. The van der Waals surface area contributed by atoms with Gasteiger partial charge < -0.3 is 9.80 Å². The lowest BCUT2D eigenvalue weighted by atomic mass is 10.1. The summed E-state index contributed by atoms with van der Waals surface area (Å²) in [6.45, 7) is 2.13. The maximum atomic E-state index is 11.8. The van der Waals surface area contributed by atoms with Gasteiger partial charge in [0, 0.05) is 36.3 Å². The van der Waals surface area contributed by atoms with Crippen LogP contribution in [0.3, 0.4) is 0 Å². The van der Waals surface area contributed by atoms with Gasteiger partial charge in [0.25, 0.3) is 0 Å². The molecule has 1 amide bonds. The summed E-state index contributed by atoms with van der Waals surface area (Å²) in [5, 5.41) is 1.10. The third kappa shape index (κ3) is 2.11. The molecule has 2 aliphatic rings. The van der Waals surface area contributed by atoms with Gasteiger partial charge in [0.1, 0.15) is 0 Å². The molecule has 1 fully saturated rings. The molecule has 0 radical (unpaired) electrons. The highest BCUT2D eigenvalue weighted by Gasteiger charge is 2.29. The van der Waals surface area contributed by atoms with E-state index in [-0.39, 0.29) is 5.91 Å². The van der Waals surface area contributed by atoms with Crippen molar-refractivity contribution in [1.82, 2.24) is 4.98 Å². The van der Waals surface area contributed by atoms with Crippen LogP contribution in [-0.2, 0) is 11.2 Å². The molecule has 0 saturated heterocycles. The van der Waals surface area contributed by atoms with E-state index in [9.17, 15) is 4.79 Å². The molecule has 4 rings (SSSR count). The molecular weight excluding hydrogens is 294 g/mol. The number of hydrogen-bond donors (Lipinski definition) is 0. The fraction of sp³-hybridized carbons (Fsp3) is 0.412. The van der Waals surface area contributed by atoms with Crippen LogP contribution in [0, 0.1) is 6.92 Å². The number of aromatic nitrogens is 1. The molecule has 0 bridgehead atoms. The van der Waals surface area contributed by atoms with Gasteiger partial charge in [-0.1, -0.05) is 6.07 Å². The molecular formula is C17H19N3OS. The molecule has 1 saturated carbocycles. The number of aryl methyl sites for hydroxylation is 1. The van der Waals surface area contributed by atoms with E-state index in [4.69, 9.17) is 4.98 Å². The zero-order chi connectivity index (χ0) is 15.4. The van der Waals surface area contributed by atoms with Gasteiger partial charge in [-0.2, -0.15) is 0 Å². The molecule has 2 heterocycles. The Morgan fingerprint density at radius 3 is 2.86 bits per heavy atom. The highest BCUT2D eigenvalue weighted by Crippen LogP contribution is 2.38. The number of thiazole rings is 1. The Bertz CT molecular complexity index is 763. The Balaban J connectivity index is 1.71. The fourth-order valence-corrected chi connectivity index (χ4v) is 4.00. The molecule has 0 atom stereocenters. The number of carbonyl (C=O) groups is 1. The van der Waals surface area contributed by atoms with E-state index in [2.05, 4.69) is 31.0 Å². The van der Waals surface area contributed by atoms with E-state index in [0.29, 0.717) is 12.5 Å². The predicted molar refractivity (Wildman–Crippen MR) is 90.8 cm³/mol.